The van der Waals surface area contributed by atoms with Crippen LogP contribution < -0.4 is 11.1 Å². The van der Waals surface area contributed by atoms with Gasteiger partial charge >= 0.3 is 0 Å². The fourth-order valence-corrected chi connectivity index (χ4v) is 2.90. The second-order valence-corrected chi connectivity index (χ2v) is 5.71. The molecule has 5 heteroatoms. The first-order valence-corrected chi connectivity index (χ1v) is 7.00. The summed E-state index contributed by atoms with van der Waals surface area (Å²) < 4.78 is 5.41. The van der Waals surface area contributed by atoms with Gasteiger partial charge in [-0.3, -0.25) is 4.79 Å². The molecule has 106 valence electrons. The van der Waals surface area contributed by atoms with Crippen molar-refractivity contribution in [1.29, 1.82) is 0 Å². The normalized spacial score (nSPS) is 17.5. The van der Waals surface area contributed by atoms with Gasteiger partial charge in [-0.2, -0.15) is 0 Å². The maximum atomic E-state index is 12.1. The van der Waals surface area contributed by atoms with E-state index in [-0.39, 0.29) is 11.4 Å². The number of oxazole rings is 1. The molecule has 3 N–H and O–H groups in total. The van der Waals surface area contributed by atoms with Crippen LogP contribution in [0.2, 0.25) is 0 Å². The molecule has 1 amide bonds. The van der Waals surface area contributed by atoms with Crippen LogP contribution in [0, 0.1) is 6.92 Å². The molecule has 0 spiro atoms. The number of anilines is 1. The summed E-state index contributed by atoms with van der Waals surface area (Å²) in [5.74, 6) is 0.587. The van der Waals surface area contributed by atoms with Gasteiger partial charge in [0.1, 0.15) is 5.52 Å². The van der Waals surface area contributed by atoms with E-state index in [1.165, 1.54) is 0 Å². The van der Waals surface area contributed by atoms with E-state index >= 15 is 0 Å². The second-order valence-electron chi connectivity index (χ2n) is 5.71. The molecule has 1 aliphatic rings. The van der Waals surface area contributed by atoms with Crippen LogP contribution in [-0.2, 0) is 4.79 Å². The molecule has 1 heterocycles. The number of nitrogens with one attached hydrogen (secondary N) is 1. The summed E-state index contributed by atoms with van der Waals surface area (Å²) in [7, 11) is 0. The largest absolute Gasteiger partial charge is 0.441 e. The number of nitrogens with zero attached hydrogens (tertiary/aromatic N) is 1. The van der Waals surface area contributed by atoms with Crippen LogP contribution in [0.5, 0.6) is 0 Å². The van der Waals surface area contributed by atoms with Crippen LogP contribution in [0.25, 0.3) is 11.1 Å². The third-order valence-electron chi connectivity index (χ3n) is 3.89. The lowest BCUT2D eigenvalue weighted by Crippen LogP contribution is -2.40. The van der Waals surface area contributed by atoms with Crippen LogP contribution in [0.4, 0.5) is 5.69 Å². The summed E-state index contributed by atoms with van der Waals surface area (Å²) in [4.78, 5) is 16.3. The minimum atomic E-state index is -0.321. The molecule has 1 aliphatic carbocycles. The fraction of sp³-hybridized carbons (Fsp3) is 0.467. The molecular weight excluding hydrogens is 254 g/mol. The number of amides is 1. The number of rotatable bonds is 3. The number of nitrogens with two attached hydrogens (primary N) is 1. The Balaban J connectivity index is 1.70. The van der Waals surface area contributed by atoms with Crippen molar-refractivity contribution < 1.29 is 9.21 Å². The van der Waals surface area contributed by atoms with Gasteiger partial charge in [0.2, 0.25) is 5.91 Å². The summed E-state index contributed by atoms with van der Waals surface area (Å²) in [6, 6.07) is 5.46. The number of carbonyl (C=O) groups excluding carboxylic acids is 1. The van der Waals surface area contributed by atoms with Gasteiger partial charge < -0.3 is 15.5 Å². The smallest absolute Gasteiger partial charge is 0.226 e. The maximum absolute atomic E-state index is 12.1. The van der Waals surface area contributed by atoms with E-state index in [4.69, 9.17) is 10.2 Å². The molecule has 0 atom stereocenters. The molecule has 0 radical (unpaired) electrons. The zero-order valence-electron chi connectivity index (χ0n) is 11.6. The van der Waals surface area contributed by atoms with Gasteiger partial charge in [-0.15, -0.1) is 0 Å². The molecule has 20 heavy (non-hydrogen) atoms. The standard InChI is InChI=1S/C15H19N3O2/c1-10-17-12-8-11(4-5-13(12)20-10)18-14(19)9-15(16)6-2-3-7-15/h4-5,8H,2-3,6-7,9,16H2,1H3,(H,18,19). The van der Waals surface area contributed by atoms with Crippen molar-refractivity contribution in [3.63, 3.8) is 0 Å². The van der Waals surface area contributed by atoms with E-state index < -0.39 is 0 Å². The summed E-state index contributed by atoms with van der Waals surface area (Å²) in [6.07, 6.45) is 4.48. The zero-order chi connectivity index (χ0) is 14.2. The van der Waals surface area contributed by atoms with Gasteiger partial charge in [-0.05, 0) is 31.0 Å². The fourth-order valence-electron chi connectivity index (χ4n) is 2.90. The van der Waals surface area contributed by atoms with Crippen molar-refractivity contribution in [1.82, 2.24) is 4.98 Å². The number of carbonyl (C=O) groups is 1. The van der Waals surface area contributed by atoms with E-state index in [0.29, 0.717) is 12.3 Å². The highest BCUT2D eigenvalue weighted by Gasteiger charge is 2.31. The van der Waals surface area contributed by atoms with Crippen molar-refractivity contribution >= 4 is 22.7 Å². The molecule has 0 saturated heterocycles. The molecule has 1 fully saturated rings. The minimum absolute atomic E-state index is 0.0334. The van der Waals surface area contributed by atoms with Crippen molar-refractivity contribution in [2.45, 2.75) is 44.6 Å². The average molecular weight is 273 g/mol. The van der Waals surface area contributed by atoms with E-state index in [1.54, 1.807) is 6.92 Å². The molecular formula is C15H19N3O2. The average Bonchev–Trinajstić information content (AvgIpc) is 2.93. The molecule has 0 unspecified atom stereocenters. The third kappa shape index (κ3) is 2.67. The lowest BCUT2D eigenvalue weighted by molar-refractivity contribution is -0.117. The second kappa shape index (κ2) is 4.90. The SMILES string of the molecule is Cc1nc2cc(NC(=O)CC3(N)CCCC3)ccc2o1. The van der Waals surface area contributed by atoms with Gasteiger partial charge in [0.05, 0.1) is 0 Å². The van der Waals surface area contributed by atoms with Crippen molar-refractivity contribution in [3.8, 4) is 0 Å². The molecule has 0 bridgehead atoms. The topological polar surface area (TPSA) is 81.2 Å². The summed E-state index contributed by atoms with van der Waals surface area (Å²) in [5, 5.41) is 2.89. The van der Waals surface area contributed by atoms with Crippen molar-refractivity contribution in [2.75, 3.05) is 5.32 Å². The first-order valence-electron chi connectivity index (χ1n) is 7.00. The quantitative estimate of drug-likeness (QED) is 0.901. The number of aryl methyl sites for hydroxylation is 1. The molecule has 5 nitrogen and oxygen atoms in total. The Hall–Kier alpha value is -1.88. The first kappa shape index (κ1) is 13.1. The predicted molar refractivity (Wildman–Crippen MR) is 77.4 cm³/mol. The van der Waals surface area contributed by atoms with Gasteiger partial charge in [0, 0.05) is 24.6 Å². The van der Waals surface area contributed by atoms with Crippen molar-refractivity contribution in [2.24, 2.45) is 5.73 Å². The van der Waals surface area contributed by atoms with Crippen LogP contribution >= 0.6 is 0 Å². The highest BCUT2D eigenvalue weighted by molar-refractivity contribution is 5.93. The monoisotopic (exact) mass is 273 g/mol. The molecule has 1 aromatic carbocycles. The molecule has 2 aromatic rings. The summed E-state index contributed by atoms with van der Waals surface area (Å²) in [6.45, 7) is 1.80. The third-order valence-corrected chi connectivity index (χ3v) is 3.89. The Morgan fingerprint density at radius 2 is 2.20 bits per heavy atom. The Morgan fingerprint density at radius 1 is 1.45 bits per heavy atom. The maximum Gasteiger partial charge on any atom is 0.226 e. The van der Waals surface area contributed by atoms with Crippen molar-refractivity contribution in [3.05, 3.63) is 24.1 Å². The van der Waals surface area contributed by atoms with E-state index in [2.05, 4.69) is 10.3 Å². The van der Waals surface area contributed by atoms with E-state index in [9.17, 15) is 4.79 Å². The lowest BCUT2D eigenvalue weighted by atomic mass is 9.94. The van der Waals surface area contributed by atoms with Gasteiger partial charge in [0.15, 0.2) is 11.5 Å². The van der Waals surface area contributed by atoms with Crippen LogP contribution in [0.3, 0.4) is 0 Å². The van der Waals surface area contributed by atoms with E-state index in [1.807, 2.05) is 18.2 Å². The van der Waals surface area contributed by atoms with Gasteiger partial charge in [-0.25, -0.2) is 4.98 Å². The lowest BCUT2D eigenvalue weighted by Gasteiger charge is -2.22. The van der Waals surface area contributed by atoms with Crippen LogP contribution in [0.1, 0.15) is 38.0 Å². The molecule has 3 rings (SSSR count). The minimum Gasteiger partial charge on any atom is -0.441 e. The number of aromatic nitrogens is 1. The van der Waals surface area contributed by atoms with E-state index in [0.717, 1.165) is 42.5 Å². The molecule has 0 aliphatic heterocycles. The number of benzene rings is 1. The summed E-state index contributed by atoms with van der Waals surface area (Å²) >= 11 is 0. The molecule has 1 aromatic heterocycles. The Labute approximate surface area is 117 Å². The molecule has 1 saturated carbocycles. The summed E-state index contributed by atoms with van der Waals surface area (Å²) in [5.41, 5.74) is 8.11. The van der Waals surface area contributed by atoms with Crippen LogP contribution in [-0.4, -0.2) is 16.4 Å². The zero-order valence-corrected chi connectivity index (χ0v) is 11.6. The first-order chi connectivity index (χ1) is 9.54. The highest BCUT2D eigenvalue weighted by atomic mass is 16.3. The number of fused-ring (bicyclic) bond motifs is 1. The Morgan fingerprint density at radius 3 is 2.95 bits per heavy atom. The highest BCUT2D eigenvalue weighted by Crippen LogP contribution is 2.30. The van der Waals surface area contributed by atoms with Gasteiger partial charge in [-0.1, -0.05) is 12.8 Å². The Kier molecular flexibility index (Phi) is 3.22. The van der Waals surface area contributed by atoms with Crippen LogP contribution in [0.15, 0.2) is 22.6 Å². The van der Waals surface area contributed by atoms with Gasteiger partial charge in [0.25, 0.3) is 0 Å². The number of hydrogen-bond acceptors (Lipinski definition) is 4. The Bertz CT molecular complexity index is 642. The predicted octanol–water partition coefficient (Wildman–Crippen LogP) is 2.74. The number of hydrogen-bond donors (Lipinski definition) is 2.